The molecule has 0 unspecified atom stereocenters. The number of benzene rings is 1. The third-order valence-electron chi connectivity index (χ3n) is 2.69. The number of rotatable bonds is 4. The Morgan fingerprint density at radius 1 is 1.40 bits per heavy atom. The van der Waals surface area contributed by atoms with E-state index in [1.165, 1.54) is 12.1 Å². The number of nitrogens with zero attached hydrogens (tertiary/aromatic N) is 2. The summed E-state index contributed by atoms with van der Waals surface area (Å²) >= 11 is 5.77. The first kappa shape index (κ1) is 14.5. The molecule has 0 aliphatic heterocycles. The highest BCUT2D eigenvalue weighted by molar-refractivity contribution is 6.31. The molecule has 1 aromatic heterocycles. The molecule has 106 valence electrons. The molecule has 0 bridgehead atoms. The fourth-order valence-electron chi connectivity index (χ4n) is 1.62. The van der Waals surface area contributed by atoms with Crippen LogP contribution in [0.25, 0.3) is 11.3 Å². The highest BCUT2D eigenvalue weighted by Gasteiger charge is 2.09. The van der Waals surface area contributed by atoms with Gasteiger partial charge in [-0.2, -0.15) is 0 Å². The fraction of sp³-hybridized carbons (Fsp3) is 0.286. The third kappa shape index (κ3) is 3.36. The zero-order valence-electron chi connectivity index (χ0n) is 11.3. The van der Waals surface area contributed by atoms with Crippen molar-refractivity contribution in [3.05, 3.63) is 35.2 Å². The summed E-state index contributed by atoms with van der Waals surface area (Å²) in [6.45, 7) is 4.91. The molecule has 1 heterocycles. The third-order valence-corrected chi connectivity index (χ3v) is 2.98. The lowest BCUT2D eigenvalue weighted by Gasteiger charge is -2.11. The van der Waals surface area contributed by atoms with Crippen LogP contribution in [0.2, 0.25) is 5.02 Å². The molecule has 2 aromatic rings. The average Bonchev–Trinajstić information content (AvgIpc) is 2.41. The van der Waals surface area contributed by atoms with Crippen LogP contribution in [-0.2, 0) is 0 Å². The second kappa shape index (κ2) is 6.05. The maximum absolute atomic E-state index is 13.2. The number of anilines is 2. The summed E-state index contributed by atoms with van der Waals surface area (Å²) in [6, 6.07) is 4.42. The van der Waals surface area contributed by atoms with Gasteiger partial charge in [0.05, 0.1) is 16.9 Å². The van der Waals surface area contributed by atoms with Gasteiger partial charge in [-0.05, 0) is 24.1 Å². The topological polar surface area (TPSA) is 63.8 Å². The van der Waals surface area contributed by atoms with Gasteiger partial charge in [0, 0.05) is 12.1 Å². The van der Waals surface area contributed by atoms with E-state index in [-0.39, 0.29) is 5.02 Å². The van der Waals surface area contributed by atoms with Crippen molar-refractivity contribution in [3.8, 4) is 11.3 Å². The first-order chi connectivity index (χ1) is 9.47. The quantitative estimate of drug-likeness (QED) is 0.904. The summed E-state index contributed by atoms with van der Waals surface area (Å²) < 4.78 is 13.2. The van der Waals surface area contributed by atoms with Crippen molar-refractivity contribution in [2.45, 2.75) is 13.8 Å². The number of aromatic nitrogens is 2. The smallest absolute Gasteiger partial charge is 0.169 e. The van der Waals surface area contributed by atoms with Crippen molar-refractivity contribution in [1.82, 2.24) is 9.97 Å². The van der Waals surface area contributed by atoms with Crippen molar-refractivity contribution in [2.24, 2.45) is 5.92 Å². The largest absolute Gasteiger partial charge is 0.381 e. The van der Waals surface area contributed by atoms with Crippen LogP contribution < -0.4 is 11.1 Å². The standard InChI is InChI=1S/C14H16ClFN4/c1-8(2)6-19-14-13(17)18-7-12(20-14)9-3-4-11(16)10(15)5-9/h3-5,7-8H,6H2,1-2H3,(H2,17,18)(H,19,20). The van der Waals surface area contributed by atoms with Crippen molar-refractivity contribution < 1.29 is 4.39 Å². The SMILES string of the molecule is CC(C)CNc1nc(-c2ccc(F)c(Cl)c2)cnc1N. The number of hydrogen-bond donors (Lipinski definition) is 2. The van der Waals surface area contributed by atoms with Crippen molar-refractivity contribution in [2.75, 3.05) is 17.6 Å². The van der Waals surface area contributed by atoms with Gasteiger partial charge in [-0.15, -0.1) is 0 Å². The summed E-state index contributed by atoms with van der Waals surface area (Å²) in [5, 5.41) is 3.20. The van der Waals surface area contributed by atoms with E-state index >= 15 is 0 Å². The summed E-state index contributed by atoms with van der Waals surface area (Å²) in [6.07, 6.45) is 1.54. The number of hydrogen-bond acceptors (Lipinski definition) is 4. The van der Waals surface area contributed by atoms with Gasteiger partial charge in [0.15, 0.2) is 11.6 Å². The van der Waals surface area contributed by atoms with Crippen LogP contribution in [0, 0.1) is 11.7 Å². The average molecular weight is 295 g/mol. The minimum Gasteiger partial charge on any atom is -0.381 e. The molecule has 0 aliphatic rings. The Hall–Kier alpha value is -1.88. The van der Waals surface area contributed by atoms with Crippen LogP contribution in [0.15, 0.2) is 24.4 Å². The van der Waals surface area contributed by atoms with E-state index in [2.05, 4.69) is 29.1 Å². The predicted octanol–water partition coefficient (Wildman–Crippen LogP) is 3.59. The lowest BCUT2D eigenvalue weighted by atomic mass is 10.1. The second-order valence-corrected chi connectivity index (χ2v) is 5.30. The van der Waals surface area contributed by atoms with E-state index in [0.29, 0.717) is 28.8 Å². The number of nitrogens with one attached hydrogen (secondary N) is 1. The molecule has 0 spiro atoms. The number of nitrogens with two attached hydrogens (primary N) is 1. The van der Waals surface area contributed by atoms with Gasteiger partial charge < -0.3 is 11.1 Å². The van der Waals surface area contributed by atoms with Gasteiger partial charge in [0.25, 0.3) is 0 Å². The van der Waals surface area contributed by atoms with Crippen LogP contribution in [-0.4, -0.2) is 16.5 Å². The van der Waals surface area contributed by atoms with E-state index in [1.54, 1.807) is 12.3 Å². The molecule has 20 heavy (non-hydrogen) atoms. The molecule has 2 rings (SSSR count). The lowest BCUT2D eigenvalue weighted by Crippen LogP contribution is -2.12. The monoisotopic (exact) mass is 294 g/mol. The normalized spacial score (nSPS) is 10.8. The molecule has 0 atom stereocenters. The Balaban J connectivity index is 2.32. The minimum atomic E-state index is -0.461. The molecule has 6 heteroatoms. The van der Waals surface area contributed by atoms with E-state index in [9.17, 15) is 4.39 Å². The van der Waals surface area contributed by atoms with Gasteiger partial charge in [-0.25, -0.2) is 14.4 Å². The Morgan fingerprint density at radius 3 is 2.80 bits per heavy atom. The van der Waals surface area contributed by atoms with E-state index < -0.39 is 5.82 Å². The summed E-state index contributed by atoms with van der Waals surface area (Å²) in [5.74, 6) is 0.858. The molecule has 0 radical (unpaired) electrons. The second-order valence-electron chi connectivity index (χ2n) is 4.89. The predicted molar refractivity (Wildman–Crippen MR) is 80.2 cm³/mol. The molecular formula is C14H16ClFN4. The Kier molecular flexibility index (Phi) is 4.39. The van der Waals surface area contributed by atoms with Crippen molar-refractivity contribution in [1.29, 1.82) is 0 Å². The van der Waals surface area contributed by atoms with Gasteiger partial charge in [0.1, 0.15) is 5.82 Å². The van der Waals surface area contributed by atoms with Gasteiger partial charge >= 0.3 is 0 Å². The minimum absolute atomic E-state index is 0.0535. The van der Waals surface area contributed by atoms with Crippen LogP contribution >= 0.6 is 11.6 Å². The maximum Gasteiger partial charge on any atom is 0.169 e. The molecule has 0 saturated heterocycles. The molecule has 0 saturated carbocycles. The zero-order chi connectivity index (χ0) is 14.7. The molecule has 1 aromatic carbocycles. The summed E-state index contributed by atoms with van der Waals surface area (Å²) in [7, 11) is 0. The molecule has 4 nitrogen and oxygen atoms in total. The molecule has 0 fully saturated rings. The van der Waals surface area contributed by atoms with Crippen molar-refractivity contribution in [3.63, 3.8) is 0 Å². The van der Waals surface area contributed by atoms with Crippen LogP contribution in [0.3, 0.4) is 0 Å². The van der Waals surface area contributed by atoms with E-state index in [1.807, 2.05) is 0 Å². The molecular weight excluding hydrogens is 279 g/mol. The molecule has 0 aliphatic carbocycles. The van der Waals surface area contributed by atoms with Crippen molar-refractivity contribution >= 4 is 23.2 Å². The van der Waals surface area contributed by atoms with E-state index in [4.69, 9.17) is 17.3 Å². The van der Waals surface area contributed by atoms with Crippen LogP contribution in [0.1, 0.15) is 13.8 Å². The molecule has 3 N–H and O–H groups in total. The number of nitrogen functional groups attached to an aromatic ring is 1. The zero-order valence-corrected chi connectivity index (χ0v) is 12.1. The lowest BCUT2D eigenvalue weighted by molar-refractivity contribution is 0.628. The van der Waals surface area contributed by atoms with Crippen LogP contribution in [0.5, 0.6) is 0 Å². The van der Waals surface area contributed by atoms with Gasteiger partial charge in [-0.1, -0.05) is 25.4 Å². The van der Waals surface area contributed by atoms with Gasteiger partial charge in [0.2, 0.25) is 0 Å². The Morgan fingerprint density at radius 2 is 2.15 bits per heavy atom. The van der Waals surface area contributed by atoms with Gasteiger partial charge in [-0.3, -0.25) is 0 Å². The maximum atomic E-state index is 13.2. The number of halogens is 2. The highest BCUT2D eigenvalue weighted by atomic mass is 35.5. The summed E-state index contributed by atoms with van der Waals surface area (Å²) in [4.78, 5) is 8.51. The Labute approximate surface area is 122 Å². The van der Waals surface area contributed by atoms with Crippen LogP contribution in [0.4, 0.5) is 16.0 Å². The fourth-order valence-corrected chi connectivity index (χ4v) is 1.80. The first-order valence-electron chi connectivity index (χ1n) is 6.29. The first-order valence-corrected chi connectivity index (χ1v) is 6.67. The van der Waals surface area contributed by atoms with E-state index in [0.717, 1.165) is 6.54 Å². The molecule has 0 amide bonds. The summed E-state index contributed by atoms with van der Waals surface area (Å²) in [5.41, 5.74) is 7.07. The highest BCUT2D eigenvalue weighted by Crippen LogP contribution is 2.25. The Bertz CT molecular complexity index is 616.